The van der Waals surface area contributed by atoms with Gasteiger partial charge in [0.15, 0.2) is 0 Å². The van der Waals surface area contributed by atoms with E-state index in [2.05, 4.69) is 5.32 Å². The predicted octanol–water partition coefficient (Wildman–Crippen LogP) is 4.92. The van der Waals surface area contributed by atoms with E-state index in [4.69, 9.17) is 11.6 Å². The van der Waals surface area contributed by atoms with Crippen LogP contribution in [0.15, 0.2) is 84.4 Å². The number of nitrogens with one attached hydrogen (secondary N) is 1. The minimum Gasteiger partial charge on any atom is -0.507 e. The molecule has 1 unspecified atom stereocenters. The number of aliphatic hydroxyl groups excluding tert-OH is 1. The Balaban J connectivity index is 1.87. The van der Waals surface area contributed by atoms with Gasteiger partial charge in [0.25, 0.3) is 11.7 Å². The number of anilines is 2. The summed E-state index contributed by atoms with van der Waals surface area (Å²) < 4.78 is 0. The zero-order valence-corrected chi connectivity index (χ0v) is 17.8. The van der Waals surface area contributed by atoms with Crippen LogP contribution < -0.4 is 10.2 Å². The van der Waals surface area contributed by atoms with Crippen LogP contribution in [0.3, 0.4) is 0 Å². The summed E-state index contributed by atoms with van der Waals surface area (Å²) in [5.74, 6) is -2.06. The van der Waals surface area contributed by atoms with E-state index < -0.39 is 17.7 Å². The van der Waals surface area contributed by atoms with Gasteiger partial charge in [-0.25, -0.2) is 0 Å². The lowest BCUT2D eigenvalue weighted by atomic mass is 9.95. The van der Waals surface area contributed by atoms with E-state index in [-0.39, 0.29) is 17.2 Å². The predicted molar refractivity (Wildman–Crippen MR) is 123 cm³/mol. The normalized spacial score (nSPS) is 17.4. The summed E-state index contributed by atoms with van der Waals surface area (Å²) in [6.45, 7) is 1.40. The Bertz CT molecular complexity index is 1240. The third-order valence-corrected chi connectivity index (χ3v) is 5.36. The average molecular weight is 447 g/mol. The smallest absolute Gasteiger partial charge is 0.300 e. The highest BCUT2D eigenvalue weighted by Gasteiger charge is 2.46. The van der Waals surface area contributed by atoms with Crippen LogP contribution in [0.2, 0.25) is 5.02 Å². The molecule has 2 N–H and O–H groups in total. The van der Waals surface area contributed by atoms with Crippen LogP contribution in [0.25, 0.3) is 5.76 Å². The molecule has 3 aromatic carbocycles. The van der Waals surface area contributed by atoms with Crippen LogP contribution in [-0.2, 0) is 14.4 Å². The summed E-state index contributed by atoms with van der Waals surface area (Å²) >= 11 is 6.06. The highest BCUT2D eigenvalue weighted by atomic mass is 35.5. The third-order valence-electron chi connectivity index (χ3n) is 5.12. The van der Waals surface area contributed by atoms with Crippen LogP contribution >= 0.6 is 11.6 Å². The van der Waals surface area contributed by atoms with Crippen LogP contribution in [0.4, 0.5) is 11.4 Å². The molecule has 0 aliphatic carbocycles. The molecule has 1 atom stereocenters. The number of rotatable bonds is 4. The third kappa shape index (κ3) is 4.00. The summed E-state index contributed by atoms with van der Waals surface area (Å²) in [7, 11) is 0. The van der Waals surface area contributed by atoms with Gasteiger partial charge < -0.3 is 10.4 Å². The molecule has 1 fully saturated rings. The summed E-state index contributed by atoms with van der Waals surface area (Å²) in [6.07, 6.45) is 0. The maximum Gasteiger partial charge on any atom is 0.300 e. The number of Topliss-reactive ketones (excluding diaryl/α,β-unsaturated/α-hetero) is 1. The topological polar surface area (TPSA) is 86.7 Å². The number of carbonyl (C=O) groups excluding carboxylic acids is 3. The second-order valence-corrected chi connectivity index (χ2v) is 7.75. The fraction of sp³-hybridized carbons (Fsp3) is 0.0800. The highest BCUT2D eigenvalue weighted by molar-refractivity contribution is 6.51. The molecule has 1 heterocycles. The minimum atomic E-state index is -0.832. The lowest BCUT2D eigenvalue weighted by Crippen LogP contribution is -2.29. The summed E-state index contributed by atoms with van der Waals surface area (Å²) in [5.41, 5.74) is 2.02. The Hall–Kier alpha value is -3.90. The number of amides is 2. The first-order valence-electron chi connectivity index (χ1n) is 9.86. The summed E-state index contributed by atoms with van der Waals surface area (Å²) in [4.78, 5) is 38.8. The zero-order valence-electron chi connectivity index (χ0n) is 17.1. The fourth-order valence-corrected chi connectivity index (χ4v) is 3.94. The van der Waals surface area contributed by atoms with Gasteiger partial charge in [-0.3, -0.25) is 19.3 Å². The van der Waals surface area contributed by atoms with Gasteiger partial charge in [0.1, 0.15) is 5.76 Å². The van der Waals surface area contributed by atoms with E-state index in [1.807, 2.05) is 6.07 Å². The van der Waals surface area contributed by atoms with Gasteiger partial charge in [-0.15, -0.1) is 0 Å². The molecule has 3 aromatic rings. The number of benzene rings is 3. The number of halogens is 1. The number of carbonyl (C=O) groups is 3. The van der Waals surface area contributed by atoms with Crippen LogP contribution in [0.5, 0.6) is 0 Å². The van der Waals surface area contributed by atoms with Gasteiger partial charge in [-0.1, -0.05) is 54.1 Å². The van der Waals surface area contributed by atoms with Crippen LogP contribution in [0, 0.1) is 0 Å². The van der Waals surface area contributed by atoms with Gasteiger partial charge in [-0.05, 0) is 42.0 Å². The first-order valence-corrected chi connectivity index (χ1v) is 10.2. The maximum atomic E-state index is 13.1. The van der Waals surface area contributed by atoms with Crippen molar-refractivity contribution in [1.82, 2.24) is 0 Å². The van der Waals surface area contributed by atoms with E-state index in [9.17, 15) is 19.5 Å². The molecule has 4 rings (SSSR count). The lowest BCUT2D eigenvalue weighted by Gasteiger charge is -2.25. The van der Waals surface area contributed by atoms with Crippen LogP contribution in [-0.4, -0.2) is 22.7 Å². The summed E-state index contributed by atoms with van der Waals surface area (Å²) in [6, 6.07) is 21.2. The van der Waals surface area contributed by atoms with Crippen molar-refractivity contribution in [3.05, 3.63) is 101 Å². The van der Waals surface area contributed by atoms with Crippen molar-refractivity contribution < 1.29 is 19.5 Å². The molecule has 6 nitrogen and oxygen atoms in total. The largest absolute Gasteiger partial charge is 0.507 e. The van der Waals surface area contributed by atoms with Gasteiger partial charge in [0, 0.05) is 28.9 Å². The molecule has 0 bridgehead atoms. The Morgan fingerprint density at radius 2 is 1.66 bits per heavy atom. The maximum absolute atomic E-state index is 13.1. The van der Waals surface area contributed by atoms with Crippen molar-refractivity contribution in [3.63, 3.8) is 0 Å². The molecule has 2 amide bonds. The van der Waals surface area contributed by atoms with Gasteiger partial charge in [0.2, 0.25) is 5.91 Å². The van der Waals surface area contributed by atoms with Gasteiger partial charge in [-0.2, -0.15) is 0 Å². The molecule has 1 aliphatic heterocycles. The Morgan fingerprint density at radius 1 is 0.969 bits per heavy atom. The SMILES string of the molecule is CC(=O)Nc1ccc(N2C(=O)C(=O)/C(=C(\O)c3cccc(Cl)c3)C2c2ccccc2)cc1. The van der Waals surface area contributed by atoms with E-state index >= 15 is 0 Å². The molecule has 160 valence electrons. The number of nitrogens with zero attached hydrogens (tertiary/aromatic N) is 1. The van der Waals surface area contributed by atoms with E-state index in [0.29, 0.717) is 27.5 Å². The zero-order chi connectivity index (χ0) is 22.8. The molecule has 0 spiro atoms. The highest BCUT2D eigenvalue weighted by Crippen LogP contribution is 2.42. The number of aliphatic hydroxyl groups is 1. The van der Waals surface area contributed by atoms with Crippen LogP contribution in [0.1, 0.15) is 24.1 Å². The van der Waals surface area contributed by atoms with E-state index in [0.717, 1.165) is 0 Å². The molecule has 7 heteroatoms. The Kier molecular flexibility index (Phi) is 5.79. The quantitative estimate of drug-likeness (QED) is 0.338. The minimum absolute atomic E-state index is 0.0191. The van der Waals surface area contributed by atoms with Crippen molar-refractivity contribution in [2.75, 3.05) is 10.2 Å². The number of ketones is 1. The molecule has 0 saturated carbocycles. The van der Waals surface area contributed by atoms with E-state index in [1.165, 1.54) is 17.9 Å². The first kappa shape index (κ1) is 21.3. The lowest BCUT2D eigenvalue weighted by molar-refractivity contribution is -0.132. The first-order chi connectivity index (χ1) is 15.4. The average Bonchev–Trinajstić information content (AvgIpc) is 3.05. The number of hydrogen-bond donors (Lipinski definition) is 2. The molecule has 32 heavy (non-hydrogen) atoms. The monoisotopic (exact) mass is 446 g/mol. The number of hydrogen-bond acceptors (Lipinski definition) is 4. The fourth-order valence-electron chi connectivity index (χ4n) is 3.75. The molecule has 1 saturated heterocycles. The van der Waals surface area contributed by atoms with Crippen molar-refractivity contribution >= 4 is 46.3 Å². The van der Waals surface area contributed by atoms with Gasteiger partial charge in [0.05, 0.1) is 11.6 Å². The molecule has 0 radical (unpaired) electrons. The van der Waals surface area contributed by atoms with Gasteiger partial charge >= 0.3 is 0 Å². The van der Waals surface area contributed by atoms with Crippen molar-refractivity contribution in [2.45, 2.75) is 13.0 Å². The molecule has 0 aromatic heterocycles. The Morgan fingerprint density at radius 3 is 2.28 bits per heavy atom. The van der Waals surface area contributed by atoms with Crippen molar-refractivity contribution in [1.29, 1.82) is 0 Å². The second kappa shape index (κ2) is 8.69. The van der Waals surface area contributed by atoms with Crippen molar-refractivity contribution in [2.24, 2.45) is 0 Å². The Labute approximate surface area is 189 Å². The molecule has 1 aliphatic rings. The standard InChI is InChI=1S/C25H19ClN2O4/c1-15(29)27-19-10-12-20(13-11-19)28-22(16-6-3-2-4-7-16)21(24(31)25(28)32)23(30)17-8-5-9-18(26)14-17/h2-14,22,30H,1H3,(H,27,29)/b23-21-. The second-order valence-electron chi connectivity index (χ2n) is 7.32. The molecular formula is C25H19ClN2O4. The van der Waals surface area contributed by atoms with E-state index in [1.54, 1.807) is 66.7 Å². The molecular weight excluding hydrogens is 428 g/mol. The summed E-state index contributed by atoms with van der Waals surface area (Å²) in [5, 5.41) is 14.1. The van der Waals surface area contributed by atoms with Crippen molar-refractivity contribution in [3.8, 4) is 0 Å².